The van der Waals surface area contributed by atoms with Gasteiger partial charge in [-0.1, -0.05) is 6.07 Å². The van der Waals surface area contributed by atoms with Crippen LogP contribution in [0.3, 0.4) is 0 Å². The summed E-state index contributed by atoms with van der Waals surface area (Å²) in [5.74, 6) is -0.659. The lowest BCUT2D eigenvalue weighted by Crippen LogP contribution is -2.29. The van der Waals surface area contributed by atoms with Crippen molar-refractivity contribution in [3.63, 3.8) is 0 Å². The Bertz CT molecular complexity index is 1300. The summed E-state index contributed by atoms with van der Waals surface area (Å²) in [6, 6.07) is 13.2. The number of ether oxygens (including phenoxy) is 2. The highest BCUT2D eigenvalue weighted by Crippen LogP contribution is 2.43. The monoisotopic (exact) mass is 442 g/mol. The molecule has 7 heteroatoms. The molecule has 5 rings (SSSR count). The molecule has 1 aromatic heterocycles. The number of rotatable bonds is 3. The van der Waals surface area contributed by atoms with Crippen LogP contribution in [0.25, 0.3) is 5.76 Å². The Morgan fingerprint density at radius 3 is 2.39 bits per heavy atom. The van der Waals surface area contributed by atoms with Gasteiger partial charge in [0.05, 0.1) is 11.6 Å². The summed E-state index contributed by atoms with van der Waals surface area (Å²) in [7, 11) is 0. The normalized spacial score (nSPS) is 19.1. The molecule has 0 spiro atoms. The van der Waals surface area contributed by atoms with E-state index < -0.39 is 17.7 Å². The van der Waals surface area contributed by atoms with E-state index in [0.29, 0.717) is 41.5 Å². The minimum Gasteiger partial charge on any atom is -0.507 e. The number of pyridine rings is 1. The van der Waals surface area contributed by atoms with Crippen molar-refractivity contribution in [1.29, 1.82) is 0 Å². The van der Waals surface area contributed by atoms with Gasteiger partial charge in [-0.05, 0) is 73.0 Å². The van der Waals surface area contributed by atoms with Crippen LogP contribution < -0.4 is 14.4 Å². The average Bonchev–Trinajstić information content (AvgIpc) is 3.11. The summed E-state index contributed by atoms with van der Waals surface area (Å²) in [6.07, 6.45) is 3.19. The van der Waals surface area contributed by atoms with E-state index in [1.54, 1.807) is 42.7 Å². The number of hydrogen-bond acceptors (Lipinski definition) is 6. The van der Waals surface area contributed by atoms with E-state index in [9.17, 15) is 14.7 Å². The number of hydrogen-bond donors (Lipinski definition) is 1. The van der Waals surface area contributed by atoms with Crippen LogP contribution in [0.15, 0.2) is 66.5 Å². The lowest BCUT2D eigenvalue weighted by molar-refractivity contribution is -0.132. The number of aryl methyl sites for hydroxylation is 2. The molecule has 1 N–H and O–H groups in total. The predicted molar refractivity (Wildman–Crippen MR) is 122 cm³/mol. The standard InChI is InChI=1S/C26H22N2O5/c1-15-3-5-19(13-16(15)2)28-23(17-7-9-27-10-8-17)22(25(30)26(28)31)24(29)18-4-6-20-21(14-18)33-12-11-32-20/h3-10,13-14,23,29H,11-12H2,1-2H3/b24-22-. The quantitative estimate of drug-likeness (QED) is 0.373. The molecule has 1 unspecified atom stereocenters. The van der Waals surface area contributed by atoms with E-state index in [1.165, 1.54) is 4.90 Å². The SMILES string of the molecule is Cc1ccc(N2C(=O)C(=O)/C(=C(\O)c3ccc4c(c3)OCCO4)C2c2ccncc2)cc1C. The maximum atomic E-state index is 13.2. The topological polar surface area (TPSA) is 89.0 Å². The molecular formula is C26H22N2O5. The first-order valence-electron chi connectivity index (χ1n) is 10.6. The van der Waals surface area contributed by atoms with Crippen molar-refractivity contribution in [2.45, 2.75) is 19.9 Å². The van der Waals surface area contributed by atoms with Crippen LogP contribution in [-0.4, -0.2) is 35.0 Å². The van der Waals surface area contributed by atoms with Crippen molar-refractivity contribution in [2.75, 3.05) is 18.1 Å². The number of fused-ring (bicyclic) bond motifs is 1. The van der Waals surface area contributed by atoms with E-state index in [1.807, 2.05) is 32.0 Å². The second-order valence-corrected chi connectivity index (χ2v) is 8.08. The Morgan fingerprint density at radius 2 is 1.67 bits per heavy atom. The lowest BCUT2D eigenvalue weighted by Gasteiger charge is -2.26. The highest BCUT2D eigenvalue weighted by atomic mass is 16.6. The van der Waals surface area contributed by atoms with Crippen LogP contribution in [0, 0.1) is 13.8 Å². The van der Waals surface area contributed by atoms with Crippen molar-refractivity contribution in [2.24, 2.45) is 0 Å². The molecule has 7 nitrogen and oxygen atoms in total. The zero-order valence-electron chi connectivity index (χ0n) is 18.2. The second-order valence-electron chi connectivity index (χ2n) is 8.08. The van der Waals surface area contributed by atoms with E-state index in [2.05, 4.69) is 4.98 Å². The van der Waals surface area contributed by atoms with Crippen molar-refractivity contribution in [3.8, 4) is 11.5 Å². The van der Waals surface area contributed by atoms with Crippen LogP contribution in [0.5, 0.6) is 11.5 Å². The van der Waals surface area contributed by atoms with Gasteiger partial charge in [0.15, 0.2) is 11.5 Å². The zero-order chi connectivity index (χ0) is 23.1. The summed E-state index contributed by atoms with van der Waals surface area (Å²) in [6.45, 7) is 4.77. The largest absolute Gasteiger partial charge is 0.507 e. The summed E-state index contributed by atoms with van der Waals surface area (Å²) in [5, 5.41) is 11.3. The van der Waals surface area contributed by atoms with Gasteiger partial charge in [-0.3, -0.25) is 19.5 Å². The highest BCUT2D eigenvalue weighted by Gasteiger charge is 2.47. The summed E-state index contributed by atoms with van der Waals surface area (Å²) in [4.78, 5) is 32.0. The lowest BCUT2D eigenvalue weighted by atomic mass is 9.95. The Balaban J connectivity index is 1.69. The van der Waals surface area contributed by atoms with Crippen molar-refractivity contribution in [3.05, 3.63) is 88.8 Å². The number of carbonyl (C=O) groups excluding carboxylic acids is 2. The van der Waals surface area contributed by atoms with Crippen molar-refractivity contribution >= 4 is 23.1 Å². The van der Waals surface area contributed by atoms with Crippen LogP contribution in [0.1, 0.15) is 28.3 Å². The third kappa shape index (κ3) is 3.51. The molecule has 0 bridgehead atoms. The molecule has 166 valence electrons. The second kappa shape index (κ2) is 8.09. The van der Waals surface area contributed by atoms with Gasteiger partial charge >= 0.3 is 0 Å². The number of ketones is 1. The molecule has 0 radical (unpaired) electrons. The van der Waals surface area contributed by atoms with Crippen molar-refractivity contribution < 1.29 is 24.2 Å². The molecule has 2 aliphatic heterocycles. The Kier molecular flexibility index (Phi) is 5.09. The molecule has 3 heterocycles. The smallest absolute Gasteiger partial charge is 0.300 e. The first kappa shape index (κ1) is 20.8. The molecule has 33 heavy (non-hydrogen) atoms. The minimum atomic E-state index is -0.802. The first-order chi connectivity index (χ1) is 16.0. The number of aliphatic hydroxyl groups is 1. The number of aromatic nitrogens is 1. The van der Waals surface area contributed by atoms with E-state index in [-0.39, 0.29) is 11.3 Å². The maximum absolute atomic E-state index is 13.2. The Labute approximate surface area is 190 Å². The number of nitrogens with zero attached hydrogens (tertiary/aromatic N) is 2. The van der Waals surface area contributed by atoms with Gasteiger partial charge in [0.1, 0.15) is 19.0 Å². The van der Waals surface area contributed by atoms with Crippen LogP contribution >= 0.6 is 0 Å². The van der Waals surface area contributed by atoms with Gasteiger partial charge in [-0.25, -0.2) is 0 Å². The number of anilines is 1. The van der Waals surface area contributed by atoms with E-state index in [0.717, 1.165) is 11.1 Å². The molecule has 1 saturated heterocycles. The van der Waals surface area contributed by atoms with Crippen LogP contribution in [0.4, 0.5) is 5.69 Å². The van der Waals surface area contributed by atoms with Gasteiger partial charge in [0.2, 0.25) is 0 Å². The molecule has 2 aromatic carbocycles. The zero-order valence-corrected chi connectivity index (χ0v) is 18.2. The van der Waals surface area contributed by atoms with Crippen LogP contribution in [0.2, 0.25) is 0 Å². The Hall–Kier alpha value is -4.13. The molecule has 1 atom stereocenters. The number of Topliss-reactive ketones (excluding diaryl/α,β-unsaturated/α-hetero) is 1. The summed E-state index contributed by atoms with van der Waals surface area (Å²) in [5.41, 5.74) is 3.71. The molecule has 3 aromatic rings. The fourth-order valence-corrected chi connectivity index (χ4v) is 4.18. The molecule has 2 aliphatic rings. The molecule has 0 aliphatic carbocycles. The number of carbonyl (C=O) groups is 2. The highest BCUT2D eigenvalue weighted by molar-refractivity contribution is 6.51. The van der Waals surface area contributed by atoms with Crippen molar-refractivity contribution in [1.82, 2.24) is 4.98 Å². The Morgan fingerprint density at radius 1 is 0.939 bits per heavy atom. The van der Waals surface area contributed by atoms with Gasteiger partial charge in [-0.15, -0.1) is 0 Å². The van der Waals surface area contributed by atoms with E-state index >= 15 is 0 Å². The average molecular weight is 442 g/mol. The number of benzene rings is 2. The summed E-state index contributed by atoms with van der Waals surface area (Å²) < 4.78 is 11.2. The molecular weight excluding hydrogens is 420 g/mol. The van der Waals surface area contributed by atoms with Gasteiger partial charge in [0, 0.05) is 23.6 Å². The molecule has 1 fully saturated rings. The third-order valence-corrected chi connectivity index (χ3v) is 6.05. The number of aliphatic hydroxyl groups excluding tert-OH is 1. The molecule has 1 amide bonds. The first-order valence-corrected chi connectivity index (χ1v) is 10.6. The molecule has 0 saturated carbocycles. The van der Waals surface area contributed by atoms with Gasteiger partial charge in [0.25, 0.3) is 11.7 Å². The fourth-order valence-electron chi connectivity index (χ4n) is 4.18. The third-order valence-electron chi connectivity index (χ3n) is 6.05. The fraction of sp³-hybridized carbons (Fsp3) is 0.192. The van der Waals surface area contributed by atoms with Crippen LogP contribution in [-0.2, 0) is 9.59 Å². The van der Waals surface area contributed by atoms with E-state index in [4.69, 9.17) is 9.47 Å². The van der Waals surface area contributed by atoms with Gasteiger partial charge < -0.3 is 14.6 Å². The maximum Gasteiger partial charge on any atom is 0.300 e. The predicted octanol–water partition coefficient (Wildman–Crippen LogP) is 4.10. The minimum absolute atomic E-state index is 0.0149. The summed E-state index contributed by atoms with van der Waals surface area (Å²) >= 11 is 0. The van der Waals surface area contributed by atoms with Gasteiger partial charge in [-0.2, -0.15) is 0 Å². The number of amides is 1.